The van der Waals surface area contributed by atoms with Crippen molar-refractivity contribution in [2.75, 3.05) is 19.1 Å². The fourth-order valence-corrected chi connectivity index (χ4v) is 4.29. The third-order valence-corrected chi connectivity index (χ3v) is 5.90. The summed E-state index contributed by atoms with van der Waals surface area (Å²) in [5, 5.41) is 12.9. The van der Waals surface area contributed by atoms with E-state index in [0.29, 0.717) is 22.7 Å². The number of Topliss-reactive ketones (excluding diaryl/α,β-unsaturated/α-hetero) is 1. The minimum atomic E-state index is -0.725. The zero-order valence-corrected chi connectivity index (χ0v) is 17.2. The molecule has 152 valence electrons. The van der Waals surface area contributed by atoms with E-state index in [9.17, 15) is 14.7 Å². The first kappa shape index (κ1) is 19.7. The Morgan fingerprint density at radius 3 is 2.07 bits per heavy atom. The fraction of sp³-hybridized carbons (Fsp3) is 0.130. The summed E-state index contributed by atoms with van der Waals surface area (Å²) in [6, 6.07) is 16.6. The number of anilines is 1. The normalized spacial score (nSPS) is 17.9. The highest BCUT2D eigenvalue weighted by Gasteiger charge is 2.47. The van der Waals surface area contributed by atoms with Gasteiger partial charge in [-0.2, -0.15) is 0 Å². The van der Waals surface area contributed by atoms with Gasteiger partial charge in [0, 0.05) is 16.1 Å². The summed E-state index contributed by atoms with van der Waals surface area (Å²) in [4.78, 5) is 28.2. The Labute approximate surface area is 177 Å². The van der Waals surface area contributed by atoms with Crippen LogP contribution in [0.2, 0.25) is 0 Å². The van der Waals surface area contributed by atoms with Gasteiger partial charge in [0.2, 0.25) is 0 Å². The highest BCUT2D eigenvalue weighted by molar-refractivity contribution is 7.10. The lowest BCUT2D eigenvalue weighted by Gasteiger charge is -2.24. The van der Waals surface area contributed by atoms with Crippen LogP contribution in [0.4, 0.5) is 5.69 Å². The summed E-state index contributed by atoms with van der Waals surface area (Å²) in [6.45, 7) is 0. The van der Waals surface area contributed by atoms with Crippen LogP contribution in [-0.4, -0.2) is 31.0 Å². The van der Waals surface area contributed by atoms with Crippen LogP contribution in [0.1, 0.15) is 16.5 Å². The third kappa shape index (κ3) is 3.33. The van der Waals surface area contributed by atoms with E-state index < -0.39 is 17.7 Å². The number of rotatable bonds is 5. The number of ether oxygens (including phenoxy) is 2. The van der Waals surface area contributed by atoms with Crippen molar-refractivity contribution < 1.29 is 24.2 Å². The Balaban J connectivity index is 1.86. The van der Waals surface area contributed by atoms with Gasteiger partial charge in [-0.05, 0) is 60.0 Å². The molecule has 2 heterocycles. The number of aliphatic hydroxyl groups is 1. The van der Waals surface area contributed by atoms with E-state index >= 15 is 0 Å². The largest absolute Gasteiger partial charge is 0.507 e. The summed E-state index contributed by atoms with van der Waals surface area (Å²) in [6.07, 6.45) is 0. The Kier molecular flexibility index (Phi) is 5.29. The lowest BCUT2D eigenvalue weighted by Crippen LogP contribution is -2.29. The van der Waals surface area contributed by atoms with E-state index in [4.69, 9.17) is 9.47 Å². The van der Waals surface area contributed by atoms with Crippen LogP contribution < -0.4 is 14.4 Å². The molecule has 1 amide bonds. The molecule has 6 nitrogen and oxygen atoms in total. The summed E-state index contributed by atoms with van der Waals surface area (Å²) in [5.74, 6) is -0.363. The van der Waals surface area contributed by atoms with Gasteiger partial charge in [-0.1, -0.05) is 6.07 Å². The highest BCUT2D eigenvalue weighted by Crippen LogP contribution is 2.43. The van der Waals surface area contributed by atoms with E-state index in [1.807, 2.05) is 17.5 Å². The van der Waals surface area contributed by atoms with Crippen LogP contribution in [0.5, 0.6) is 11.5 Å². The van der Waals surface area contributed by atoms with Gasteiger partial charge in [-0.3, -0.25) is 14.5 Å². The quantitative estimate of drug-likeness (QED) is 0.376. The van der Waals surface area contributed by atoms with Crippen molar-refractivity contribution in [2.24, 2.45) is 0 Å². The minimum Gasteiger partial charge on any atom is -0.507 e. The molecule has 1 aliphatic heterocycles. The van der Waals surface area contributed by atoms with Crippen molar-refractivity contribution in [1.29, 1.82) is 0 Å². The number of thiophene rings is 1. The number of hydrogen-bond acceptors (Lipinski definition) is 6. The van der Waals surface area contributed by atoms with Crippen molar-refractivity contribution >= 4 is 34.5 Å². The number of hydrogen-bond donors (Lipinski definition) is 1. The molecular formula is C23H19NO5S. The summed E-state index contributed by atoms with van der Waals surface area (Å²) >= 11 is 1.42. The van der Waals surface area contributed by atoms with Crippen molar-refractivity contribution in [2.45, 2.75) is 6.04 Å². The van der Waals surface area contributed by atoms with Crippen LogP contribution in [0.15, 0.2) is 71.6 Å². The lowest BCUT2D eigenvalue weighted by molar-refractivity contribution is -0.132. The zero-order chi connectivity index (χ0) is 21.3. The monoisotopic (exact) mass is 421 g/mol. The summed E-state index contributed by atoms with van der Waals surface area (Å²) < 4.78 is 10.3. The van der Waals surface area contributed by atoms with Crippen LogP contribution in [-0.2, 0) is 9.59 Å². The second-order valence-electron chi connectivity index (χ2n) is 6.61. The molecule has 0 radical (unpaired) electrons. The van der Waals surface area contributed by atoms with Crippen LogP contribution >= 0.6 is 11.3 Å². The highest BCUT2D eigenvalue weighted by atomic mass is 32.1. The van der Waals surface area contributed by atoms with E-state index in [-0.39, 0.29) is 11.3 Å². The van der Waals surface area contributed by atoms with Crippen LogP contribution in [0.25, 0.3) is 5.76 Å². The number of nitrogens with zero attached hydrogens (tertiary/aromatic N) is 1. The van der Waals surface area contributed by atoms with Gasteiger partial charge in [0.15, 0.2) is 0 Å². The summed E-state index contributed by atoms with van der Waals surface area (Å²) in [5.41, 5.74) is 1.04. The molecule has 1 atom stereocenters. The van der Waals surface area contributed by atoms with Gasteiger partial charge >= 0.3 is 0 Å². The molecular weight excluding hydrogens is 402 g/mol. The van der Waals surface area contributed by atoms with Crippen LogP contribution in [0.3, 0.4) is 0 Å². The average Bonchev–Trinajstić information content (AvgIpc) is 3.40. The maximum Gasteiger partial charge on any atom is 0.300 e. The number of benzene rings is 2. The Morgan fingerprint density at radius 2 is 1.53 bits per heavy atom. The van der Waals surface area contributed by atoms with Gasteiger partial charge < -0.3 is 14.6 Å². The maximum absolute atomic E-state index is 13.0. The predicted molar refractivity (Wildman–Crippen MR) is 115 cm³/mol. The topological polar surface area (TPSA) is 76.1 Å². The molecule has 0 spiro atoms. The molecule has 1 saturated heterocycles. The number of carbonyl (C=O) groups is 2. The molecule has 1 aliphatic rings. The fourth-order valence-electron chi connectivity index (χ4n) is 3.46. The van der Waals surface area contributed by atoms with E-state index in [1.165, 1.54) is 16.2 Å². The minimum absolute atomic E-state index is 0.0587. The first-order valence-electron chi connectivity index (χ1n) is 9.18. The zero-order valence-electron chi connectivity index (χ0n) is 16.4. The van der Waals surface area contributed by atoms with Gasteiger partial charge in [-0.25, -0.2) is 0 Å². The molecule has 3 aromatic rings. The Bertz CT molecular complexity index is 1100. The van der Waals surface area contributed by atoms with Crippen molar-refractivity contribution in [3.63, 3.8) is 0 Å². The first-order chi connectivity index (χ1) is 14.5. The number of methoxy groups -OCH3 is 2. The molecule has 1 unspecified atom stereocenters. The van der Waals surface area contributed by atoms with Crippen molar-refractivity contribution in [3.05, 3.63) is 82.1 Å². The predicted octanol–water partition coefficient (Wildman–Crippen LogP) is 4.39. The molecule has 0 saturated carbocycles. The standard InChI is InChI=1S/C23H19NO5S/c1-28-16-9-5-14(6-10-16)21(25)19-20(18-4-3-13-30-18)24(23(27)22(19)26)15-7-11-17(29-2)12-8-15/h3-13,20,25H,1-2H3/b21-19-. The van der Waals surface area contributed by atoms with Crippen molar-refractivity contribution in [1.82, 2.24) is 0 Å². The van der Waals surface area contributed by atoms with Gasteiger partial charge in [-0.15, -0.1) is 11.3 Å². The second kappa shape index (κ2) is 8.04. The maximum atomic E-state index is 13.0. The molecule has 2 aromatic carbocycles. The number of aliphatic hydroxyl groups excluding tert-OH is 1. The Hall–Kier alpha value is -3.58. The molecule has 1 fully saturated rings. The number of ketones is 1. The third-order valence-electron chi connectivity index (χ3n) is 4.97. The first-order valence-corrected chi connectivity index (χ1v) is 10.1. The molecule has 4 rings (SSSR count). The van der Waals surface area contributed by atoms with Gasteiger partial charge in [0.1, 0.15) is 23.3 Å². The molecule has 0 aliphatic carbocycles. The summed E-state index contributed by atoms with van der Waals surface area (Å²) in [7, 11) is 3.10. The second-order valence-corrected chi connectivity index (χ2v) is 7.59. The SMILES string of the molecule is COc1ccc(/C(O)=C2/C(=O)C(=O)N(c3ccc(OC)cc3)C2c2cccs2)cc1. The smallest absolute Gasteiger partial charge is 0.300 e. The van der Waals surface area contributed by atoms with Crippen LogP contribution in [0, 0.1) is 0 Å². The number of carbonyl (C=O) groups excluding carboxylic acids is 2. The average molecular weight is 421 g/mol. The van der Waals surface area contributed by atoms with E-state index in [0.717, 1.165) is 4.88 Å². The van der Waals surface area contributed by atoms with E-state index in [2.05, 4.69) is 0 Å². The molecule has 1 aromatic heterocycles. The van der Waals surface area contributed by atoms with E-state index in [1.54, 1.807) is 62.8 Å². The lowest BCUT2D eigenvalue weighted by atomic mass is 9.99. The molecule has 30 heavy (non-hydrogen) atoms. The molecule has 0 bridgehead atoms. The van der Waals surface area contributed by atoms with Crippen molar-refractivity contribution in [3.8, 4) is 11.5 Å². The Morgan fingerprint density at radius 1 is 0.933 bits per heavy atom. The molecule has 7 heteroatoms. The van der Waals surface area contributed by atoms with Gasteiger partial charge in [0.05, 0.1) is 19.8 Å². The van der Waals surface area contributed by atoms with Gasteiger partial charge in [0.25, 0.3) is 11.7 Å². The molecule has 1 N–H and O–H groups in total. The number of amides is 1.